The summed E-state index contributed by atoms with van der Waals surface area (Å²) in [5, 5.41) is 18.0. The molecule has 0 atom stereocenters. The number of aryl methyl sites for hydroxylation is 1. The molecule has 0 amide bonds. The molecule has 3 heterocycles. The van der Waals surface area contributed by atoms with Gasteiger partial charge in [-0.1, -0.05) is 11.3 Å². The lowest BCUT2D eigenvalue weighted by Gasteiger charge is -1.99. The maximum Gasteiger partial charge on any atom is 0.235 e. The molecule has 0 radical (unpaired) electrons. The Morgan fingerprint density at radius 1 is 1.09 bits per heavy atom. The zero-order valence-electron chi connectivity index (χ0n) is 12.0. The van der Waals surface area contributed by atoms with Crippen LogP contribution in [0.4, 0.5) is 0 Å². The zero-order valence-corrected chi connectivity index (χ0v) is 12.8. The second kappa shape index (κ2) is 4.92. The second-order valence-electron chi connectivity index (χ2n) is 4.76. The van der Waals surface area contributed by atoms with Crippen molar-refractivity contribution in [3.05, 3.63) is 36.7 Å². The number of ether oxygens (including phenoxy) is 1. The predicted molar refractivity (Wildman–Crippen MR) is 82.8 cm³/mol. The Labute approximate surface area is 129 Å². The van der Waals surface area contributed by atoms with Crippen molar-refractivity contribution >= 4 is 16.3 Å². The molecule has 7 nitrogen and oxygen atoms in total. The molecule has 1 aromatic carbocycles. The standard InChI is InChI=1S/C14H12N6OS/c1-19-8-10(7-15-19)12-16-17-14-20(12)18-13(22-14)9-3-5-11(21-2)6-4-9/h3-8H,1-2H3. The molecule has 0 spiro atoms. The third-order valence-corrected chi connectivity index (χ3v) is 4.24. The van der Waals surface area contributed by atoms with Crippen molar-refractivity contribution in [3.8, 4) is 27.7 Å². The van der Waals surface area contributed by atoms with Gasteiger partial charge in [0.25, 0.3) is 0 Å². The summed E-state index contributed by atoms with van der Waals surface area (Å²) in [7, 11) is 3.52. The van der Waals surface area contributed by atoms with Crippen LogP contribution in [0.25, 0.3) is 26.9 Å². The van der Waals surface area contributed by atoms with Crippen molar-refractivity contribution in [1.29, 1.82) is 0 Å². The molecular weight excluding hydrogens is 300 g/mol. The van der Waals surface area contributed by atoms with Crippen LogP contribution >= 0.6 is 11.3 Å². The van der Waals surface area contributed by atoms with E-state index in [0.29, 0.717) is 5.82 Å². The molecule has 0 aliphatic carbocycles. The summed E-state index contributed by atoms with van der Waals surface area (Å²) in [6, 6.07) is 7.79. The largest absolute Gasteiger partial charge is 0.497 e. The highest BCUT2D eigenvalue weighted by molar-refractivity contribution is 7.19. The number of hydrogen-bond donors (Lipinski definition) is 0. The summed E-state index contributed by atoms with van der Waals surface area (Å²) in [5.41, 5.74) is 1.91. The summed E-state index contributed by atoms with van der Waals surface area (Å²) < 4.78 is 8.65. The Bertz CT molecular complexity index is 936. The van der Waals surface area contributed by atoms with E-state index in [1.54, 1.807) is 22.5 Å². The highest BCUT2D eigenvalue weighted by Gasteiger charge is 2.15. The van der Waals surface area contributed by atoms with Crippen LogP contribution in [0, 0.1) is 0 Å². The molecule has 4 rings (SSSR count). The average Bonchev–Trinajstić information content (AvgIpc) is 3.22. The number of aromatic nitrogens is 6. The van der Waals surface area contributed by atoms with E-state index in [4.69, 9.17) is 4.74 Å². The normalized spacial score (nSPS) is 11.2. The minimum atomic E-state index is 0.694. The Balaban J connectivity index is 1.79. The number of methoxy groups -OCH3 is 1. The maximum atomic E-state index is 5.17. The average molecular weight is 312 g/mol. The quantitative estimate of drug-likeness (QED) is 0.580. The van der Waals surface area contributed by atoms with Crippen LogP contribution in [-0.4, -0.2) is 36.7 Å². The molecule has 3 aromatic heterocycles. The topological polar surface area (TPSA) is 70.1 Å². The van der Waals surface area contributed by atoms with Crippen molar-refractivity contribution in [3.63, 3.8) is 0 Å². The monoisotopic (exact) mass is 312 g/mol. The van der Waals surface area contributed by atoms with Gasteiger partial charge < -0.3 is 4.74 Å². The maximum absolute atomic E-state index is 5.17. The fourth-order valence-corrected chi connectivity index (χ4v) is 3.03. The Kier molecular flexibility index (Phi) is 2.90. The van der Waals surface area contributed by atoms with Crippen LogP contribution in [0.5, 0.6) is 5.75 Å². The van der Waals surface area contributed by atoms with Gasteiger partial charge in [0.05, 0.1) is 18.9 Å². The molecule has 0 fully saturated rings. The van der Waals surface area contributed by atoms with Crippen LogP contribution < -0.4 is 4.74 Å². The summed E-state index contributed by atoms with van der Waals surface area (Å²) >= 11 is 1.50. The minimum Gasteiger partial charge on any atom is -0.497 e. The summed E-state index contributed by atoms with van der Waals surface area (Å²) in [4.78, 5) is 0.754. The highest BCUT2D eigenvalue weighted by Crippen LogP contribution is 2.28. The van der Waals surface area contributed by atoms with Crippen LogP contribution in [0.2, 0.25) is 0 Å². The van der Waals surface area contributed by atoms with Gasteiger partial charge in [0, 0.05) is 18.8 Å². The first kappa shape index (κ1) is 13.0. The van der Waals surface area contributed by atoms with Crippen LogP contribution in [0.15, 0.2) is 36.7 Å². The van der Waals surface area contributed by atoms with Crippen LogP contribution in [0.3, 0.4) is 0 Å². The molecule has 0 bridgehead atoms. The molecule has 0 aliphatic rings. The lowest BCUT2D eigenvalue weighted by molar-refractivity contribution is 0.415. The molecule has 8 heteroatoms. The van der Waals surface area contributed by atoms with Gasteiger partial charge >= 0.3 is 0 Å². The van der Waals surface area contributed by atoms with E-state index in [1.807, 2.05) is 37.5 Å². The first-order chi connectivity index (χ1) is 10.7. The van der Waals surface area contributed by atoms with Crippen molar-refractivity contribution in [2.45, 2.75) is 0 Å². The van der Waals surface area contributed by atoms with E-state index in [1.165, 1.54) is 11.3 Å². The lowest BCUT2D eigenvalue weighted by Crippen LogP contribution is -1.90. The molecule has 0 N–H and O–H groups in total. The third-order valence-electron chi connectivity index (χ3n) is 3.29. The van der Waals surface area contributed by atoms with Gasteiger partial charge in [-0.2, -0.15) is 14.7 Å². The smallest absolute Gasteiger partial charge is 0.235 e. The van der Waals surface area contributed by atoms with E-state index < -0.39 is 0 Å². The van der Waals surface area contributed by atoms with E-state index in [2.05, 4.69) is 20.4 Å². The molecule has 110 valence electrons. The van der Waals surface area contributed by atoms with Gasteiger partial charge in [-0.3, -0.25) is 4.68 Å². The zero-order chi connectivity index (χ0) is 15.1. The Morgan fingerprint density at radius 2 is 1.91 bits per heavy atom. The number of nitrogens with zero attached hydrogens (tertiary/aromatic N) is 6. The van der Waals surface area contributed by atoms with Crippen LogP contribution in [-0.2, 0) is 7.05 Å². The van der Waals surface area contributed by atoms with Gasteiger partial charge in [-0.25, -0.2) is 0 Å². The first-order valence-electron chi connectivity index (χ1n) is 6.60. The lowest BCUT2D eigenvalue weighted by atomic mass is 10.2. The summed E-state index contributed by atoms with van der Waals surface area (Å²) in [6.07, 6.45) is 3.64. The fourth-order valence-electron chi connectivity index (χ4n) is 2.18. The SMILES string of the molecule is COc1ccc(-c2nn3c(-c4cnn(C)c4)nnc3s2)cc1. The van der Waals surface area contributed by atoms with Crippen molar-refractivity contribution in [2.24, 2.45) is 7.05 Å². The first-order valence-corrected chi connectivity index (χ1v) is 7.42. The van der Waals surface area contributed by atoms with Gasteiger partial charge in [-0.15, -0.1) is 10.2 Å². The summed E-state index contributed by atoms with van der Waals surface area (Å²) in [6.45, 7) is 0. The van der Waals surface area contributed by atoms with Gasteiger partial charge in [0.15, 0.2) is 5.82 Å². The van der Waals surface area contributed by atoms with Gasteiger partial charge in [0.2, 0.25) is 4.96 Å². The third kappa shape index (κ3) is 2.04. The van der Waals surface area contributed by atoms with Crippen molar-refractivity contribution in [1.82, 2.24) is 29.6 Å². The predicted octanol–water partition coefficient (Wildman–Crippen LogP) is 2.26. The van der Waals surface area contributed by atoms with Crippen molar-refractivity contribution < 1.29 is 4.74 Å². The van der Waals surface area contributed by atoms with E-state index in [-0.39, 0.29) is 0 Å². The molecule has 0 saturated carbocycles. The molecule has 0 unspecified atom stereocenters. The Morgan fingerprint density at radius 3 is 2.59 bits per heavy atom. The van der Waals surface area contributed by atoms with Gasteiger partial charge in [0.1, 0.15) is 10.8 Å². The molecule has 22 heavy (non-hydrogen) atoms. The molecule has 0 saturated heterocycles. The van der Waals surface area contributed by atoms with E-state index >= 15 is 0 Å². The minimum absolute atomic E-state index is 0.694. The number of benzene rings is 1. The van der Waals surface area contributed by atoms with Crippen molar-refractivity contribution in [2.75, 3.05) is 7.11 Å². The summed E-state index contributed by atoms with van der Waals surface area (Å²) in [5.74, 6) is 1.52. The van der Waals surface area contributed by atoms with Crippen LogP contribution in [0.1, 0.15) is 0 Å². The fraction of sp³-hybridized carbons (Fsp3) is 0.143. The number of fused-ring (bicyclic) bond motifs is 1. The molecule has 4 aromatic rings. The number of hydrogen-bond acceptors (Lipinski definition) is 6. The molecular formula is C14H12N6OS. The van der Waals surface area contributed by atoms with E-state index in [9.17, 15) is 0 Å². The molecule has 0 aliphatic heterocycles. The Hall–Kier alpha value is -2.74. The van der Waals surface area contributed by atoms with Gasteiger partial charge in [-0.05, 0) is 24.3 Å². The van der Waals surface area contributed by atoms with E-state index in [0.717, 1.165) is 26.8 Å². The second-order valence-corrected chi connectivity index (χ2v) is 5.71. The highest BCUT2D eigenvalue weighted by atomic mass is 32.1. The number of rotatable bonds is 3.